The van der Waals surface area contributed by atoms with Gasteiger partial charge in [0.1, 0.15) is 12.7 Å². The van der Waals surface area contributed by atoms with Crippen molar-refractivity contribution >= 4 is 0 Å². The number of unbranched alkanes of at least 4 members (excludes halogenated alkanes) is 1. The molecule has 1 rings (SSSR count). The first-order valence-corrected chi connectivity index (χ1v) is 8.60. The predicted molar refractivity (Wildman–Crippen MR) is 98.8 cm³/mol. The van der Waals surface area contributed by atoms with Gasteiger partial charge < -0.3 is 24.1 Å². The minimum atomic E-state index is -0.689. The van der Waals surface area contributed by atoms with Crippen molar-refractivity contribution in [2.45, 2.75) is 32.3 Å². The Hall–Kier alpha value is -1.98. The highest BCUT2D eigenvalue weighted by Gasteiger charge is 2.11. The highest BCUT2D eigenvalue weighted by atomic mass is 16.5. The molecule has 0 radical (unpaired) electrons. The van der Waals surface area contributed by atoms with E-state index in [9.17, 15) is 5.11 Å². The molecule has 1 aliphatic rings. The number of allylic oxidation sites excluding steroid dienone is 6. The van der Waals surface area contributed by atoms with Crippen molar-refractivity contribution in [3.05, 3.63) is 60.3 Å². The summed E-state index contributed by atoms with van der Waals surface area (Å²) in [5.74, 6) is 1.26. The van der Waals surface area contributed by atoms with E-state index in [1.165, 1.54) is 6.26 Å². The molecule has 25 heavy (non-hydrogen) atoms. The minimum Gasteiger partial charge on any atom is -0.502 e. The zero-order chi connectivity index (χ0) is 18.3. The molecular weight excluding hydrogens is 320 g/mol. The lowest BCUT2D eigenvalue weighted by Crippen LogP contribution is -2.22. The Kier molecular flexibility index (Phi) is 11.2. The molecule has 5 nitrogen and oxygen atoms in total. The van der Waals surface area contributed by atoms with Crippen LogP contribution in [0.3, 0.4) is 0 Å². The number of aliphatic hydroxyl groups excluding tert-OH is 1. The van der Waals surface area contributed by atoms with Crippen LogP contribution in [0.1, 0.15) is 26.2 Å². The van der Waals surface area contributed by atoms with Crippen LogP contribution in [0.25, 0.3) is 0 Å². The molecule has 0 saturated carbocycles. The summed E-state index contributed by atoms with van der Waals surface area (Å²) >= 11 is 0. The lowest BCUT2D eigenvalue weighted by Gasteiger charge is -2.14. The summed E-state index contributed by atoms with van der Waals surface area (Å²) in [6.45, 7) is 7.07. The van der Waals surface area contributed by atoms with E-state index in [2.05, 4.69) is 6.58 Å². The zero-order valence-electron chi connectivity index (χ0n) is 15.3. The Morgan fingerprint density at radius 2 is 2.04 bits per heavy atom. The Morgan fingerprint density at radius 1 is 1.24 bits per heavy atom. The summed E-state index contributed by atoms with van der Waals surface area (Å²) in [6.07, 6.45) is 13.2. The first kappa shape index (κ1) is 21.1. The first-order valence-electron chi connectivity index (χ1n) is 8.60. The van der Waals surface area contributed by atoms with E-state index < -0.39 is 6.10 Å². The van der Waals surface area contributed by atoms with Gasteiger partial charge in [-0.1, -0.05) is 24.8 Å². The molecule has 1 unspecified atom stereocenters. The summed E-state index contributed by atoms with van der Waals surface area (Å²) in [6, 6.07) is 0. The molecule has 0 amide bonds. The zero-order valence-corrected chi connectivity index (χ0v) is 15.3. The molecule has 0 heterocycles. The molecule has 140 valence electrons. The Balaban J connectivity index is 2.35. The maximum absolute atomic E-state index is 9.98. The average molecular weight is 350 g/mol. The van der Waals surface area contributed by atoms with Gasteiger partial charge in [-0.15, -0.1) is 0 Å². The molecule has 5 heteroatoms. The van der Waals surface area contributed by atoms with Crippen LogP contribution in [0.2, 0.25) is 0 Å². The van der Waals surface area contributed by atoms with Crippen LogP contribution in [0.4, 0.5) is 0 Å². The minimum absolute atomic E-state index is 0.152. The topological polar surface area (TPSA) is 57.2 Å². The highest BCUT2D eigenvalue weighted by Crippen LogP contribution is 2.20. The fourth-order valence-electron chi connectivity index (χ4n) is 2.22. The van der Waals surface area contributed by atoms with E-state index in [4.69, 9.17) is 18.9 Å². The summed E-state index contributed by atoms with van der Waals surface area (Å²) in [7, 11) is 1.61. The summed E-state index contributed by atoms with van der Waals surface area (Å²) in [4.78, 5) is 0. The summed E-state index contributed by atoms with van der Waals surface area (Å²) in [5, 5.41) is 9.98. The number of hydrogen-bond acceptors (Lipinski definition) is 5. The fourth-order valence-corrected chi connectivity index (χ4v) is 2.22. The van der Waals surface area contributed by atoms with Crippen molar-refractivity contribution in [3.63, 3.8) is 0 Å². The smallest absolute Gasteiger partial charge is 0.161 e. The van der Waals surface area contributed by atoms with Crippen molar-refractivity contribution in [2.24, 2.45) is 0 Å². The Morgan fingerprint density at radius 3 is 2.76 bits per heavy atom. The molecule has 0 saturated heterocycles. The largest absolute Gasteiger partial charge is 0.502 e. The molecule has 0 aromatic carbocycles. The monoisotopic (exact) mass is 350 g/mol. The van der Waals surface area contributed by atoms with Crippen LogP contribution in [0.5, 0.6) is 0 Å². The number of hydrogen-bond donors (Lipinski definition) is 1. The van der Waals surface area contributed by atoms with Gasteiger partial charge in [0.2, 0.25) is 0 Å². The van der Waals surface area contributed by atoms with Gasteiger partial charge in [-0.2, -0.15) is 0 Å². The third-order valence-electron chi connectivity index (χ3n) is 3.44. The maximum Gasteiger partial charge on any atom is 0.161 e. The van der Waals surface area contributed by atoms with Gasteiger partial charge >= 0.3 is 0 Å². The van der Waals surface area contributed by atoms with Gasteiger partial charge in [0.25, 0.3) is 0 Å². The molecule has 0 aliphatic heterocycles. The molecule has 0 bridgehead atoms. The molecule has 0 fully saturated rings. The van der Waals surface area contributed by atoms with E-state index in [0.717, 1.165) is 24.8 Å². The number of ether oxygens (including phenoxy) is 4. The quantitative estimate of drug-likeness (QED) is 0.406. The van der Waals surface area contributed by atoms with Gasteiger partial charge in [-0.05, 0) is 43.9 Å². The van der Waals surface area contributed by atoms with Crippen molar-refractivity contribution in [1.29, 1.82) is 0 Å². The van der Waals surface area contributed by atoms with Crippen molar-refractivity contribution in [1.82, 2.24) is 0 Å². The second-order valence-corrected chi connectivity index (χ2v) is 5.54. The molecule has 1 atom stereocenters. The van der Waals surface area contributed by atoms with Gasteiger partial charge in [-0.25, -0.2) is 0 Å². The van der Waals surface area contributed by atoms with E-state index in [-0.39, 0.29) is 13.2 Å². The van der Waals surface area contributed by atoms with Crippen LogP contribution in [-0.2, 0) is 18.9 Å². The van der Waals surface area contributed by atoms with Crippen LogP contribution in [0, 0.1) is 0 Å². The third kappa shape index (κ3) is 9.17. The normalized spacial score (nSPS) is 15.7. The third-order valence-corrected chi connectivity index (χ3v) is 3.44. The van der Waals surface area contributed by atoms with Gasteiger partial charge in [-0.3, -0.25) is 0 Å². The van der Waals surface area contributed by atoms with E-state index in [0.29, 0.717) is 24.7 Å². The highest BCUT2D eigenvalue weighted by molar-refractivity contribution is 5.36. The number of methoxy groups -OCH3 is 1. The number of aliphatic hydroxyl groups is 1. The SMILES string of the molecule is C=COCCCCOCC(O)COC1=C(OC)C=C(/C=C/C)CC=C1. The average Bonchev–Trinajstić information content (AvgIpc) is 2.81. The standard InChI is InChI=1S/C20H30O5/c1-4-9-17-10-8-11-19(20(14-17)22-3)25-16-18(21)15-24-13-7-6-12-23-5-2/h4-5,8-9,11,14,18,21H,2,6-7,10,12-13,15-16H2,1,3H3/b9-4+. The molecular formula is C20H30O5. The summed E-state index contributed by atoms with van der Waals surface area (Å²) in [5.41, 5.74) is 1.14. The molecule has 1 aliphatic carbocycles. The van der Waals surface area contributed by atoms with Crippen molar-refractivity contribution < 1.29 is 24.1 Å². The fraction of sp³-hybridized carbons (Fsp3) is 0.500. The van der Waals surface area contributed by atoms with Crippen LogP contribution in [-0.4, -0.2) is 44.7 Å². The van der Waals surface area contributed by atoms with E-state index in [1.54, 1.807) is 7.11 Å². The Bertz CT molecular complexity index is 502. The predicted octanol–water partition coefficient (Wildman–Crippen LogP) is 3.64. The number of rotatable bonds is 13. The lowest BCUT2D eigenvalue weighted by molar-refractivity contribution is -0.00413. The van der Waals surface area contributed by atoms with Crippen molar-refractivity contribution in [2.75, 3.05) is 33.5 Å². The van der Waals surface area contributed by atoms with Crippen LogP contribution >= 0.6 is 0 Å². The maximum atomic E-state index is 9.98. The lowest BCUT2D eigenvalue weighted by atomic mass is 10.1. The summed E-state index contributed by atoms with van der Waals surface area (Å²) < 4.78 is 21.6. The van der Waals surface area contributed by atoms with Gasteiger partial charge in [0.05, 0.1) is 26.6 Å². The van der Waals surface area contributed by atoms with Gasteiger partial charge in [0.15, 0.2) is 11.5 Å². The second kappa shape index (κ2) is 13.3. The van der Waals surface area contributed by atoms with E-state index >= 15 is 0 Å². The van der Waals surface area contributed by atoms with Crippen molar-refractivity contribution in [3.8, 4) is 0 Å². The van der Waals surface area contributed by atoms with Crippen LogP contribution in [0.15, 0.2) is 60.3 Å². The molecule has 0 spiro atoms. The molecule has 0 aromatic rings. The van der Waals surface area contributed by atoms with Gasteiger partial charge in [0, 0.05) is 6.61 Å². The molecule has 1 N–H and O–H groups in total. The van der Waals surface area contributed by atoms with E-state index in [1.807, 2.05) is 37.3 Å². The second-order valence-electron chi connectivity index (χ2n) is 5.54. The van der Waals surface area contributed by atoms with Crippen LogP contribution < -0.4 is 0 Å². The first-order chi connectivity index (χ1) is 12.2. The Labute approximate surface area is 150 Å². The molecule has 0 aromatic heterocycles.